The van der Waals surface area contributed by atoms with Crippen LogP contribution >= 0.6 is 24.0 Å². The Bertz CT molecular complexity index is 468. The Kier molecular flexibility index (Phi) is 5.73. The number of hydrogen-bond donors (Lipinski definition) is 1. The molecule has 1 fully saturated rings. The highest BCUT2D eigenvalue weighted by atomic mass is 32.2. The third-order valence-corrected chi connectivity index (χ3v) is 5.12. The molecular weight excluding hydrogens is 284 g/mol. The molecule has 110 valence electrons. The molecule has 0 amide bonds. The zero-order valence-electron chi connectivity index (χ0n) is 12.4. The van der Waals surface area contributed by atoms with Crippen LogP contribution in [0.4, 0.5) is 5.69 Å². The van der Waals surface area contributed by atoms with Crippen molar-refractivity contribution in [1.82, 2.24) is 0 Å². The van der Waals surface area contributed by atoms with Gasteiger partial charge >= 0.3 is 0 Å². The average Bonchev–Trinajstić information content (AvgIpc) is 2.48. The van der Waals surface area contributed by atoms with Crippen molar-refractivity contribution in [3.05, 3.63) is 23.8 Å². The van der Waals surface area contributed by atoms with Crippen LogP contribution in [0.2, 0.25) is 0 Å². The Morgan fingerprint density at radius 2 is 2.05 bits per heavy atom. The average molecular weight is 309 g/mol. The fraction of sp³-hybridized carbons (Fsp3) is 0.562. The highest BCUT2D eigenvalue weighted by Crippen LogP contribution is 2.33. The fourth-order valence-corrected chi connectivity index (χ4v) is 4.11. The van der Waals surface area contributed by atoms with Crippen LogP contribution in [0.5, 0.6) is 0 Å². The van der Waals surface area contributed by atoms with Crippen LogP contribution in [0, 0.1) is 0 Å². The van der Waals surface area contributed by atoms with Gasteiger partial charge in [0.1, 0.15) is 4.99 Å². The van der Waals surface area contributed by atoms with Crippen molar-refractivity contribution in [2.75, 3.05) is 17.7 Å². The van der Waals surface area contributed by atoms with E-state index in [2.05, 4.69) is 36.3 Å². The van der Waals surface area contributed by atoms with Crippen LogP contribution in [0.15, 0.2) is 23.1 Å². The van der Waals surface area contributed by atoms with Gasteiger partial charge in [-0.2, -0.15) is 0 Å². The number of benzene rings is 1. The van der Waals surface area contributed by atoms with Crippen molar-refractivity contribution in [3.8, 4) is 0 Å². The van der Waals surface area contributed by atoms with Gasteiger partial charge < -0.3 is 10.6 Å². The Morgan fingerprint density at radius 3 is 2.60 bits per heavy atom. The summed E-state index contributed by atoms with van der Waals surface area (Å²) in [7, 11) is 0. The molecule has 4 heteroatoms. The standard InChI is InChI=1S/C16H24N2S2/c1-3-18(12-8-5-4-6-9-12)13-10-7-11-14(20-2)15(13)16(17)19/h7,10-12H,3-6,8-9H2,1-2H3,(H2,17,19). The van der Waals surface area contributed by atoms with E-state index in [4.69, 9.17) is 18.0 Å². The first-order valence-electron chi connectivity index (χ1n) is 7.42. The zero-order valence-corrected chi connectivity index (χ0v) is 14.0. The lowest BCUT2D eigenvalue weighted by Crippen LogP contribution is -2.38. The van der Waals surface area contributed by atoms with Crippen LogP contribution in [0.3, 0.4) is 0 Å². The fourth-order valence-electron chi connectivity index (χ4n) is 3.19. The van der Waals surface area contributed by atoms with Gasteiger partial charge in [-0.3, -0.25) is 0 Å². The first kappa shape index (κ1) is 15.6. The highest BCUT2D eigenvalue weighted by Gasteiger charge is 2.23. The zero-order chi connectivity index (χ0) is 14.5. The summed E-state index contributed by atoms with van der Waals surface area (Å²) in [5, 5.41) is 0. The van der Waals surface area contributed by atoms with E-state index in [1.165, 1.54) is 42.7 Å². The summed E-state index contributed by atoms with van der Waals surface area (Å²) in [4.78, 5) is 4.20. The lowest BCUT2D eigenvalue weighted by molar-refractivity contribution is 0.418. The van der Waals surface area contributed by atoms with Gasteiger partial charge in [0.05, 0.1) is 0 Å². The van der Waals surface area contributed by atoms with E-state index in [1.807, 2.05) is 0 Å². The van der Waals surface area contributed by atoms with E-state index in [0.717, 1.165) is 12.1 Å². The number of hydrogen-bond acceptors (Lipinski definition) is 3. The molecule has 0 heterocycles. The molecule has 2 rings (SSSR count). The summed E-state index contributed by atoms with van der Waals surface area (Å²) in [6.07, 6.45) is 8.71. The van der Waals surface area contributed by atoms with Crippen molar-refractivity contribution < 1.29 is 0 Å². The topological polar surface area (TPSA) is 29.3 Å². The number of nitrogens with zero attached hydrogens (tertiary/aromatic N) is 1. The second-order valence-electron chi connectivity index (χ2n) is 5.30. The Labute approximate surface area is 132 Å². The molecular formula is C16H24N2S2. The van der Waals surface area contributed by atoms with Crippen molar-refractivity contribution in [3.63, 3.8) is 0 Å². The summed E-state index contributed by atoms with van der Waals surface area (Å²) >= 11 is 7.03. The molecule has 0 unspecified atom stereocenters. The Balaban J connectivity index is 2.40. The summed E-state index contributed by atoms with van der Waals surface area (Å²) in [5.41, 5.74) is 8.28. The van der Waals surface area contributed by atoms with E-state index in [-0.39, 0.29) is 0 Å². The number of anilines is 1. The largest absolute Gasteiger partial charge is 0.389 e. The van der Waals surface area contributed by atoms with Gasteiger partial charge in [-0.25, -0.2) is 0 Å². The molecule has 2 N–H and O–H groups in total. The molecule has 1 aliphatic rings. The van der Waals surface area contributed by atoms with Crippen LogP contribution < -0.4 is 10.6 Å². The van der Waals surface area contributed by atoms with Gasteiger partial charge in [0, 0.05) is 28.7 Å². The van der Waals surface area contributed by atoms with E-state index in [9.17, 15) is 0 Å². The Morgan fingerprint density at radius 1 is 1.35 bits per heavy atom. The molecule has 1 aliphatic carbocycles. The van der Waals surface area contributed by atoms with Gasteiger partial charge in [-0.05, 0) is 38.2 Å². The Hall–Kier alpha value is -0.740. The number of thioether (sulfide) groups is 1. The third-order valence-electron chi connectivity index (χ3n) is 4.14. The minimum Gasteiger partial charge on any atom is -0.389 e. The number of thiocarbonyl (C=S) groups is 1. The monoisotopic (exact) mass is 308 g/mol. The third kappa shape index (κ3) is 3.29. The van der Waals surface area contributed by atoms with Crippen LogP contribution in [-0.2, 0) is 0 Å². The van der Waals surface area contributed by atoms with Gasteiger partial charge in [-0.15, -0.1) is 11.8 Å². The van der Waals surface area contributed by atoms with Crippen molar-refractivity contribution in [1.29, 1.82) is 0 Å². The van der Waals surface area contributed by atoms with Crippen LogP contribution in [0.1, 0.15) is 44.6 Å². The summed E-state index contributed by atoms with van der Waals surface area (Å²) in [5.74, 6) is 0. The second-order valence-corrected chi connectivity index (χ2v) is 6.58. The molecule has 1 saturated carbocycles. The smallest absolute Gasteiger partial charge is 0.107 e. The van der Waals surface area contributed by atoms with E-state index in [0.29, 0.717) is 11.0 Å². The van der Waals surface area contributed by atoms with Crippen molar-refractivity contribution in [2.24, 2.45) is 5.73 Å². The summed E-state index contributed by atoms with van der Waals surface area (Å²) < 4.78 is 0. The summed E-state index contributed by atoms with van der Waals surface area (Å²) in [6.45, 7) is 3.24. The number of nitrogens with two attached hydrogens (primary N) is 1. The summed E-state index contributed by atoms with van der Waals surface area (Å²) in [6, 6.07) is 7.04. The lowest BCUT2D eigenvalue weighted by Gasteiger charge is -2.36. The van der Waals surface area contributed by atoms with Gasteiger partial charge in [0.25, 0.3) is 0 Å². The van der Waals surface area contributed by atoms with E-state index >= 15 is 0 Å². The molecule has 0 bridgehead atoms. The maximum absolute atomic E-state index is 6.00. The highest BCUT2D eigenvalue weighted by molar-refractivity contribution is 7.98. The van der Waals surface area contributed by atoms with Crippen LogP contribution in [-0.4, -0.2) is 23.8 Å². The molecule has 0 saturated heterocycles. The minimum atomic E-state index is 0.513. The van der Waals surface area contributed by atoms with E-state index < -0.39 is 0 Å². The second kappa shape index (κ2) is 7.32. The quantitative estimate of drug-likeness (QED) is 0.652. The first-order chi connectivity index (χ1) is 9.69. The van der Waals surface area contributed by atoms with Crippen molar-refractivity contribution in [2.45, 2.75) is 50.0 Å². The maximum Gasteiger partial charge on any atom is 0.107 e. The van der Waals surface area contributed by atoms with E-state index in [1.54, 1.807) is 11.8 Å². The predicted octanol–water partition coefficient (Wildman–Crippen LogP) is 4.20. The maximum atomic E-state index is 6.00. The minimum absolute atomic E-state index is 0.513. The lowest BCUT2D eigenvalue weighted by atomic mass is 9.93. The molecule has 1 aromatic rings. The van der Waals surface area contributed by atoms with Gasteiger partial charge in [0.15, 0.2) is 0 Å². The molecule has 1 aromatic carbocycles. The molecule has 20 heavy (non-hydrogen) atoms. The molecule has 0 radical (unpaired) electrons. The SMILES string of the molecule is CCN(c1cccc(SC)c1C(N)=S)C1CCCCC1. The normalized spacial score (nSPS) is 16.1. The predicted molar refractivity (Wildman–Crippen MR) is 94.0 cm³/mol. The molecule has 0 spiro atoms. The number of rotatable bonds is 5. The van der Waals surface area contributed by atoms with Gasteiger partial charge in [0.2, 0.25) is 0 Å². The first-order valence-corrected chi connectivity index (χ1v) is 9.05. The molecule has 2 nitrogen and oxygen atoms in total. The molecule has 0 aromatic heterocycles. The van der Waals surface area contributed by atoms with Gasteiger partial charge in [-0.1, -0.05) is 37.5 Å². The van der Waals surface area contributed by atoms with Crippen LogP contribution in [0.25, 0.3) is 0 Å². The molecule has 0 aliphatic heterocycles. The van der Waals surface area contributed by atoms with Crippen molar-refractivity contribution >= 4 is 34.7 Å². The molecule has 0 atom stereocenters.